The molecule has 6 nitrogen and oxygen atoms in total. The third-order valence-electron chi connectivity index (χ3n) is 2.97. The van der Waals surface area contributed by atoms with Gasteiger partial charge in [-0.2, -0.15) is 0 Å². The summed E-state index contributed by atoms with van der Waals surface area (Å²) in [5, 5.41) is 5.24. The minimum atomic E-state index is -0.415. The largest absolute Gasteiger partial charge is 0.370 e. The van der Waals surface area contributed by atoms with Crippen LogP contribution in [0.2, 0.25) is 0 Å². The first-order valence-corrected chi connectivity index (χ1v) is 6.92. The van der Waals surface area contributed by atoms with E-state index < -0.39 is 6.03 Å². The first-order valence-electron chi connectivity index (χ1n) is 6.92. The monoisotopic (exact) mass is 290 g/mol. The third-order valence-corrected chi connectivity index (χ3v) is 2.97. The van der Waals surface area contributed by atoms with E-state index >= 15 is 0 Å². The van der Waals surface area contributed by atoms with Crippen LogP contribution in [0.4, 0.5) is 10.5 Å². The standard InChI is InChI=1S/C15H22N4O2/c1-11-7-6-8-12(2)13(11)18-15(21)19-14(16)17-9-4-3-5-10-20/h6-8,10H,3-5,9H2,1-2H3,(H4,16,17,18,19,21). The highest BCUT2D eigenvalue weighted by atomic mass is 16.2. The van der Waals surface area contributed by atoms with E-state index in [2.05, 4.69) is 15.6 Å². The average Bonchev–Trinajstić information content (AvgIpc) is 2.43. The number of anilines is 1. The summed E-state index contributed by atoms with van der Waals surface area (Å²) < 4.78 is 0. The highest BCUT2D eigenvalue weighted by Crippen LogP contribution is 2.18. The zero-order chi connectivity index (χ0) is 15.7. The molecule has 0 spiro atoms. The summed E-state index contributed by atoms with van der Waals surface area (Å²) in [5.41, 5.74) is 8.36. The van der Waals surface area contributed by atoms with Crippen LogP contribution in [0.5, 0.6) is 0 Å². The molecular weight excluding hydrogens is 268 g/mol. The van der Waals surface area contributed by atoms with E-state index in [0.29, 0.717) is 13.0 Å². The maximum absolute atomic E-state index is 11.8. The normalized spacial score (nSPS) is 11.0. The molecule has 0 aliphatic heterocycles. The van der Waals surface area contributed by atoms with Crippen molar-refractivity contribution in [2.45, 2.75) is 33.1 Å². The number of guanidine groups is 1. The number of benzene rings is 1. The molecule has 0 radical (unpaired) electrons. The van der Waals surface area contributed by atoms with Gasteiger partial charge in [-0.3, -0.25) is 10.3 Å². The van der Waals surface area contributed by atoms with Gasteiger partial charge in [0.25, 0.3) is 0 Å². The molecule has 1 aromatic carbocycles. The SMILES string of the molecule is Cc1cccc(C)c1NC(=O)NC(N)=NCCCCC=O. The molecule has 2 amide bonds. The number of amides is 2. The van der Waals surface area contributed by atoms with Crippen molar-refractivity contribution < 1.29 is 9.59 Å². The lowest BCUT2D eigenvalue weighted by Crippen LogP contribution is -2.40. The number of aldehydes is 1. The van der Waals surface area contributed by atoms with Gasteiger partial charge in [0, 0.05) is 18.7 Å². The van der Waals surface area contributed by atoms with Crippen molar-refractivity contribution >= 4 is 24.0 Å². The molecular formula is C15H22N4O2. The smallest absolute Gasteiger partial charge is 0.326 e. The summed E-state index contributed by atoms with van der Waals surface area (Å²) >= 11 is 0. The topological polar surface area (TPSA) is 96.6 Å². The molecule has 21 heavy (non-hydrogen) atoms. The van der Waals surface area contributed by atoms with Crippen LogP contribution in [0.15, 0.2) is 23.2 Å². The van der Waals surface area contributed by atoms with Gasteiger partial charge in [0.2, 0.25) is 0 Å². The van der Waals surface area contributed by atoms with Crippen LogP contribution in [0.25, 0.3) is 0 Å². The Labute approximate surface area is 124 Å². The molecule has 1 aromatic rings. The molecule has 0 heterocycles. The van der Waals surface area contributed by atoms with Gasteiger partial charge in [0.1, 0.15) is 6.29 Å². The highest BCUT2D eigenvalue weighted by molar-refractivity contribution is 6.02. The van der Waals surface area contributed by atoms with E-state index in [1.54, 1.807) is 0 Å². The Bertz CT molecular complexity index is 506. The predicted octanol–water partition coefficient (Wildman–Crippen LogP) is 2.11. The number of para-hydroxylation sites is 1. The number of urea groups is 1. The third kappa shape index (κ3) is 6.07. The summed E-state index contributed by atoms with van der Waals surface area (Å²) in [7, 11) is 0. The summed E-state index contributed by atoms with van der Waals surface area (Å²) in [6.07, 6.45) is 2.94. The zero-order valence-electron chi connectivity index (χ0n) is 12.5. The molecule has 0 unspecified atom stereocenters. The molecule has 4 N–H and O–H groups in total. The van der Waals surface area contributed by atoms with Gasteiger partial charge < -0.3 is 15.8 Å². The van der Waals surface area contributed by atoms with Crippen LogP contribution in [-0.4, -0.2) is 24.8 Å². The van der Waals surface area contributed by atoms with Gasteiger partial charge in [-0.1, -0.05) is 18.2 Å². The minimum absolute atomic E-state index is 0.0739. The van der Waals surface area contributed by atoms with Crippen LogP contribution in [0, 0.1) is 13.8 Å². The van der Waals surface area contributed by atoms with Crippen LogP contribution in [-0.2, 0) is 4.79 Å². The highest BCUT2D eigenvalue weighted by Gasteiger charge is 2.07. The minimum Gasteiger partial charge on any atom is -0.370 e. The fraction of sp³-hybridized carbons (Fsp3) is 0.400. The Hall–Kier alpha value is -2.37. The maximum atomic E-state index is 11.8. The molecule has 0 aromatic heterocycles. The summed E-state index contributed by atoms with van der Waals surface area (Å²) in [6.45, 7) is 4.34. The van der Waals surface area contributed by atoms with Crippen molar-refractivity contribution in [3.05, 3.63) is 29.3 Å². The average molecular weight is 290 g/mol. The Morgan fingerprint density at radius 1 is 1.29 bits per heavy atom. The van der Waals surface area contributed by atoms with Crippen molar-refractivity contribution in [2.75, 3.05) is 11.9 Å². The Balaban J connectivity index is 2.46. The second kappa shape index (κ2) is 8.73. The number of hydrogen-bond acceptors (Lipinski definition) is 3. The molecule has 0 aliphatic rings. The fourth-order valence-electron chi connectivity index (χ4n) is 1.85. The number of hydrogen-bond donors (Lipinski definition) is 3. The molecule has 0 bridgehead atoms. The van der Waals surface area contributed by atoms with Crippen LogP contribution in [0.1, 0.15) is 30.4 Å². The number of nitrogens with two attached hydrogens (primary N) is 1. The predicted molar refractivity (Wildman–Crippen MR) is 84.5 cm³/mol. The second-order valence-electron chi connectivity index (χ2n) is 4.78. The van der Waals surface area contributed by atoms with Crippen molar-refractivity contribution in [2.24, 2.45) is 10.7 Å². The molecule has 0 saturated carbocycles. The van der Waals surface area contributed by atoms with Gasteiger partial charge in [-0.25, -0.2) is 4.79 Å². The number of nitrogens with one attached hydrogen (secondary N) is 2. The number of aryl methyl sites for hydroxylation is 2. The number of unbranched alkanes of at least 4 members (excludes halogenated alkanes) is 2. The van der Waals surface area contributed by atoms with Gasteiger partial charge in [-0.05, 0) is 37.8 Å². The molecule has 114 valence electrons. The summed E-state index contributed by atoms with van der Waals surface area (Å²) in [4.78, 5) is 26.0. The Kier molecular flexibility index (Phi) is 6.94. The van der Waals surface area contributed by atoms with Gasteiger partial charge >= 0.3 is 6.03 Å². The first-order chi connectivity index (χ1) is 10.0. The summed E-state index contributed by atoms with van der Waals surface area (Å²) in [5.74, 6) is 0.0739. The van der Waals surface area contributed by atoms with Crippen molar-refractivity contribution in [3.63, 3.8) is 0 Å². The number of nitrogens with zero attached hydrogens (tertiary/aromatic N) is 1. The van der Waals surface area contributed by atoms with Crippen LogP contribution < -0.4 is 16.4 Å². The molecule has 0 saturated heterocycles. The van der Waals surface area contributed by atoms with E-state index in [4.69, 9.17) is 5.73 Å². The van der Waals surface area contributed by atoms with Crippen molar-refractivity contribution in [3.8, 4) is 0 Å². The van der Waals surface area contributed by atoms with E-state index in [9.17, 15) is 9.59 Å². The number of carbonyl (C=O) groups is 2. The zero-order valence-corrected chi connectivity index (χ0v) is 12.5. The van der Waals surface area contributed by atoms with Gasteiger partial charge in [-0.15, -0.1) is 0 Å². The van der Waals surface area contributed by atoms with Gasteiger partial charge in [0.15, 0.2) is 5.96 Å². The quantitative estimate of drug-likeness (QED) is 0.324. The first kappa shape index (κ1) is 16.7. The number of rotatable bonds is 6. The number of aliphatic imine (C=N–C) groups is 1. The van der Waals surface area contributed by atoms with E-state index in [-0.39, 0.29) is 5.96 Å². The maximum Gasteiger partial charge on any atom is 0.326 e. The van der Waals surface area contributed by atoms with Gasteiger partial charge in [0.05, 0.1) is 0 Å². The van der Waals surface area contributed by atoms with Crippen molar-refractivity contribution in [1.29, 1.82) is 0 Å². The molecule has 0 aliphatic carbocycles. The van der Waals surface area contributed by atoms with E-state index in [1.165, 1.54) is 0 Å². The van der Waals surface area contributed by atoms with E-state index in [1.807, 2.05) is 32.0 Å². The lowest BCUT2D eigenvalue weighted by Gasteiger charge is -2.12. The Morgan fingerprint density at radius 3 is 2.57 bits per heavy atom. The molecule has 6 heteroatoms. The fourth-order valence-corrected chi connectivity index (χ4v) is 1.85. The number of carbonyl (C=O) groups excluding carboxylic acids is 2. The van der Waals surface area contributed by atoms with Crippen LogP contribution >= 0.6 is 0 Å². The van der Waals surface area contributed by atoms with E-state index in [0.717, 1.165) is 35.9 Å². The molecule has 0 atom stereocenters. The Morgan fingerprint density at radius 2 is 1.95 bits per heavy atom. The lowest BCUT2D eigenvalue weighted by atomic mass is 10.1. The lowest BCUT2D eigenvalue weighted by molar-refractivity contribution is -0.107. The van der Waals surface area contributed by atoms with Crippen molar-refractivity contribution in [1.82, 2.24) is 5.32 Å². The van der Waals surface area contributed by atoms with Crippen LogP contribution in [0.3, 0.4) is 0 Å². The molecule has 1 rings (SSSR count). The molecule has 0 fully saturated rings. The summed E-state index contributed by atoms with van der Waals surface area (Å²) in [6, 6.07) is 5.37. The second-order valence-corrected chi connectivity index (χ2v) is 4.78.